The first-order valence-electron chi connectivity index (χ1n) is 15.2. The number of methoxy groups -OCH3 is 2. The van der Waals surface area contributed by atoms with Crippen LogP contribution < -0.4 is 20.5 Å². The number of rotatable bonds is 13. The summed E-state index contributed by atoms with van der Waals surface area (Å²) in [6, 6.07) is 10.0. The van der Waals surface area contributed by atoms with E-state index in [1.165, 1.54) is 16.6 Å². The lowest BCUT2D eigenvalue weighted by molar-refractivity contribution is -0.155. The van der Waals surface area contributed by atoms with E-state index in [4.69, 9.17) is 14.2 Å². The highest BCUT2D eigenvalue weighted by atomic mass is 16.6. The minimum atomic E-state index is -0.812. The minimum Gasteiger partial charge on any atom is -0.497 e. The summed E-state index contributed by atoms with van der Waals surface area (Å²) in [5.74, 6) is 0.235. The van der Waals surface area contributed by atoms with E-state index in [9.17, 15) is 19.2 Å². The van der Waals surface area contributed by atoms with E-state index in [-0.39, 0.29) is 37.0 Å². The maximum Gasteiger partial charge on any atom is 0.329 e. The van der Waals surface area contributed by atoms with E-state index in [1.54, 1.807) is 36.9 Å². The number of piperidine rings is 1. The quantitative estimate of drug-likeness (QED) is 0.164. The molecule has 0 radical (unpaired) electrons. The van der Waals surface area contributed by atoms with Gasteiger partial charge in [0.2, 0.25) is 5.91 Å². The summed E-state index contributed by atoms with van der Waals surface area (Å²) in [6.07, 6.45) is 4.34. The molecular formula is C33H44N4O7. The molecule has 1 aromatic heterocycles. The standard InChI is InChI=1S/C33H44N4O7/c1-33(2,3)44-29(39)14-9-7-8-10-19-34-24-12-11-13-25-30(24)35(4)32(41)37(25)26-17-18-28(38)36(31(26)40)21-22-15-16-23(42-5)20-27(22)43-6/h11-13,15-16,20,26,34H,7-10,14,17-19,21H2,1-6H3. The summed E-state index contributed by atoms with van der Waals surface area (Å²) in [5, 5.41) is 3.45. The lowest BCUT2D eigenvalue weighted by atomic mass is 10.0. The molecule has 1 fully saturated rings. The Labute approximate surface area is 258 Å². The van der Waals surface area contributed by atoms with Gasteiger partial charge in [-0.3, -0.25) is 28.4 Å². The summed E-state index contributed by atoms with van der Waals surface area (Å²) in [4.78, 5) is 53.4. The van der Waals surface area contributed by atoms with Crippen LogP contribution in [0.5, 0.6) is 11.5 Å². The van der Waals surface area contributed by atoms with Crippen molar-refractivity contribution in [2.75, 3.05) is 26.1 Å². The summed E-state index contributed by atoms with van der Waals surface area (Å²) in [6.45, 7) is 6.33. The fourth-order valence-corrected chi connectivity index (χ4v) is 5.63. The zero-order valence-corrected chi connectivity index (χ0v) is 26.6. The molecule has 2 amide bonds. The number of ether oxygens (including phenoxy) is 3. The third kappa shape index (κ3) is 7.43. The van der Waals surface area contributed by atoms with E-state index in [2.05, 4.69) is 5.32 Å². The molecule has 1 N–H and O–H groups in total. The number of carbonyl (C=O) groups is 3. The number of imidazole rings is 1. The van der Waals surface area contributed by atoms with Gasteiger partial charge in [0.25, 0.3) is 5.91 Å². The van der Waals surface area contributed by atoms with Crippen molar-refractivity contribution < 1.29 is 28.6 Å². The van der Waals surface area contributed by atoms with Gasteiger partial charge in [-0.05, 0) is 64.3 Å². The molecule has 2 heterocycles. The van der Waals surface area contributed by atoms with Crippen molar-refractivity contribution in [2.24, 2.45) is 7.05 Å². The molecule has 11 heteroatoms. The van der Waals surface area contributed by atoms with E-state index >= 15 is 0 Å². The number of aromatic nitrogens is 2. The number of nitrogens with zero attached hydrogens (tertiary/aromatic N) is 3. The zero-order valence-electron chi connectivity index (χ0n) is 26.6. The van der Waals surface area contributed by atoms with Gasteiger partial charge in [0.1, 0.15) is 23.1 Å². The molecule has 11 nitrogen and oxygen atoms in total. The van der Waals surface area contributed by atoms with Gasteiger partial charge in [0.05, 0.1) is 37.5 Å². The normalized spacial score (nSPS) is 15.5. The van der Waals surface area contributed by atoms with Crippen molar-refractivity contribution in [3.8, 4) is 11.5 Å². The average Bonchev–Trinajstić information content (AvgIpc) is 3.23. The summed E-state index contributed by atoms with van der Waals surface area (Å²) in [5.41, 5.74) is 2.02. The van der Waals surface area contributed by atoms with E-state index in [1.807, 2.05) is 39.0 Å². The van der Waals surface area contributed by atoms with Crippen LogP contribution in [0.4, 0.5) is 5.69 Å². The SMILES string of the molecule is COc1ccc(CN2C(=O)CCC(n3c(=O)n(C)c4c(NCCCCCCC(=O)OC(C)(C)C)cccc43)C2=O)c(OC)c1. The lowest BCUT2D eigenvalue weighted by Crippen LogP contribution is -2.47. The molecular weight excluding hydrogens is 564 g/mol. The first-order chi connectivity index (χ1) is 20.9. The van der Waals surface area contributed by atoms with Gasteiger partial charge in [0, 0.05) is 38.1 Å². The number of esters is 1. The smallest absolute Gasteiger partial charge is 0.329 e. The van der Waals surface area contributed by atoms with E-state index < -0.39 is 17.6 Å². The van der Waals surface area contributed by atoms with Crippen LogP contribution in [-0.4, -0.2) is 58.2 Å². The second kappa shape index (κ2) is 14.0. The van der Waals surface area contributed by atoms with E-state index in [0.29, 0.717) is 41.1 Å². The number of anilines is 1. The molecule has 1 unspecified atom stereocenters. The van der Waals surface area contributed by atoms with Crippen molar-refractivity contribution in [1.29, 1.82) is 0 Å². The number of likely N-dealkylation sites (tertiary alicyclic amines) is 1. The monoisotopic (exact) mass is 608 g/mol. The van der Waals surface area contributed by atoms with Crippen molar-refractivity contribution >= 4 is 34.5 Å². The van der Waals surface area contributed by atoms with Gasteiger partial charge in [-0.1, -0.05) is 18.9 Å². The number of unbranched alkanes of at least 4 members (excludes halogenated alkanes) is 3. The highest BCUT2D eigenvalue weighted by Gasteiger charge is 2.38. The Morgan fingerprint density at radius 3 is 2.45 bits per heavy atom. The molecule has 0 bridgehead atoms. The predicted molar refractivity (Wildman–Crippen MR) is 168 cm³/mol. The average molecular weight is 609 g/mol. The number of nitrogens with one attached hydrogen (secondary N) is 1. The fourth-order valence-electron chi connectivity index (χ4n) is 5.63. The maximum absolute atomic E-state index is 13.8. The topological polar surface area (TPSA) is 121 Å². The van der Waals surface area contributed by atoms with Gasteiger partial charge >= 0.3 is 11.7 Å². The molecule has 0 spiro atoms. The van der Waals surface area contributed by atoms with Crippen molar-refractivity contribution in [2.45, 2.75) is 83.9 Å². The Balaban J connectivity index is 1.45. The van der Waals surface area contributed by atoms with E-state index in [0.717, 1.165) is 31.4 Å². The number of para-hydroxylation sites is 1. The van der Waals surface area contributed by atoms with Gasteiger partial charge < -0.3 is 19.5 Å². The van der Waals surface area contributed by atoms with Crippen LogP contribution >= 0.6 is 0 Å². The molecule has 2 aromatic carbocycles. The largest absolute Gasteiger partial charge is 0.497 e. The number of fused-ring (bicyclic) bond motifs is 1. The highest BCUT2D eigenvalue weighted by Crippen LogP contribution is 2.32. The summed E-state index contributed by atoms with van der Waals surface area (Å²) < 4.78 is 19.2. The molecule has 1 atom stereocenters. The molecule has 44 heavy (non-hydrogen) atoms. The van der Waals surface area contributed by atoms with Crippen molar-refractivity contribution in [3.63, 3.8) is 0 Å². The third-order valence-corrected chi connectivity index (χ3v) is 7.76. The number of benzene rings is 2. The van der Waals surface area contributed by atoms with Crippen LogP contribution in [0.1, 0.15) is 77.3 Å². The summed E-state index contributed by atoms with van der Waals surface area (Å²) >= 11 is 0. The molecule has 1 saturated heterocycles. The molecule has 238 valence electrons. The number of carbonyl (C=O) groups excluding carboxylic acids is 3. The number of amides is 2. The molecule has 4 rings (SSSR count). The minimum absolute atomic E-state index is 0.0332. The number of aryl methyl sites for hydroxylation is 1. The predicted octanol–water partition coefficient (Wildman–Crippen LogP) is 4.95. The second-order valence-corrected chi connectivity index (χ2v) is 12.1. The van der Waals surface area contributed by atoms with Gasteiger partial charge in [0.15, 0.2) is 0 Å². The Morgan fingerprint density at radius 2 is 1.75 bits per heavy atom. The number of hydrogen-bond donors (Lipinski definition) is 1. The molecule has 1 aliphatic rings. The fraction of sp³-hybridized carbons (Fsp3) is 0.515. The first-order valence-corrected chi connectivity index (χ1v) is 15.2. The number of hydrogen-bond acceptors (Lipinski definition) is 8. The third-order valence-electron chi connectivity index (χ3n) is 7.76. The van der Waals surface area contributed by atoms with Crippen LogP contribution in [-0.2, 0) is 32.7 Å². The Bertz CT molecular complexity index is 1570. The summed E-state index contributed by atoms with van der Waals surface area (Å²) in [7, 11) is 4.77. The van der Waals surface area contributed by atoms with Crippen LogP contribution in [0.15, 0.2) is 41.2 Å². The maximum atomic E-state index is 13.8. The molecule has 3 aromatic rings. The number of imide groups is 1. The lowest BCUT2D eigenvalue weighted by Gasteiger charge is -2.31. The van der Waals surface area contributed by atoms with Crippen molar-refractivity contribution in [1.82, 2.24) is 14.0 Å². The van der Waals surface area contributed by atoms with Crippen LogP contribution in [0.2, 0.25) is 0 Å². The Morgan fingerprint density at radius 1 is 1.00 bits per heavy atom. The van der Waals surface area contributed by atoms with Crippen molar-refractivity contribution in [3.05, 3.63) is 52.4 Å². The second-order valence-electron chi connectivity index (χ2n) is 12.1. The Hall–Kier alpha value is -4.28. The molecule has 0 saturated carbocycles. The van der Waals surface area contributed by atoms with Crippen LogP contribution in [0, 0.1) is 0 Å². The molecule has 0 aliphatic carbocycles. The first kappa shape index (κ1) is 32.6. The van der Waals surface area contributed by atoms with Crippen LogP contribution in [0.25, 0.3) is 11.0 Å². The van der Waals surface area contributed by atoms with Gasteiger partial charge in [-0.15, -0.1) is 0 Å². The van der Waals surface area contributed by atoms with Gasteiger partial charge in [-0.2, -0.15) is 0 Å². The highest BCUT2D eigenvalue weighted by molar-refractivity contribution is 6.00. The zero-order chi connectivity index (χ0) is 32.0. The van der Waals surface area contributed by atoms with Gasteiger partial charge in [-0.25, -0.2) is 4.79 Å². The Kier molecular flexibility index (Phi) is 10.4. The van der Waals surface area contributed by atoms with Crippen LogP contribution in [0.3, 0.4) is 0 Å². The molecule has 1 aliphatic heterocycles.